The van der Waals surface area contributed by atoms with Gasteiger partial charge in [0.1, 0.15) is 6.10 Å². The van der Waals surface area contributed by atoms with Gasteiger partial charge in [0, 0.05) is 30.6 Å². The molecular weight excluding hydrogens is 747 g/mol. The van der Waals surface area contributed by atoms with Crippen molar-refractivity contribution in [3.05, 3.63) is 11.6 Å². The van der Waals surface area contributed by atoms with Crippen LogP contribution in [0.4, 0.5) is 4.79 Å². The molecular formula is C46H89Cl3N4O2. The molecule has 55 heavy (non-hydrogen) atoms. The van der Waals surface area contributed by atoms with Crippen molar-refractivity contribution in [3.8, 4) is 0 Å². The highest BCUT2D eigenvalue weighted by atomic mass is 35.5. The third-order valence-electron chi connectivity index (χ3n) is 16.3. The van der Waals surface area contributed by atoms with E-state index in [2.05, 4.69) is 73.7 Å². The summed E-state index contributed by atoms with van der Waals surface area (Å²) in [4.78, 5) is 15.9. The molecule has 4 aliphatic carbocycles. The van der Waals surface area contributed by atoms with Crippen molar-refractivity contribution in [2.45, 2.75) is 201 Å². The topological polar surface area (TPSA) is 93.6 Å². The van der Waals surface area contributed by atoms with E-state index in [0.717, 1.165) is 126 Å². The predicted octanol–water partition coefficient (Wildman–Crippen LogP) is 12.3. The smallest absolute Gasteiger partial charge is 0.410 e. The molecule has 3 saturated carbocycles. The Morgan fingerprint density at radius 1 is 0.836 bits per heavy atom. The number of carbonyl (C=O) groups is 1. The number of nitrogens with two attached hydrogens (primary N) is 2. The Hall–Kier alpha value is -0.240. The minimum atomic E-state index is -0.231. The first-order valence-corrected chi connectivity index (χ1v) is 22.6. The number of unbranched alkanes of at least 4 members (excludes halogenated alkanes) is 1. The number of fused-ring (bicyclic) bond motifs is 5. The van der Waals surface area contributed by atoms with Crippen LogP contribution < -0.4 is 16.8 Å². The Balaban J connectivity index is 0.00000504. The van der Waals surface area contributed by atoms with Crippen molar-refractivity contribution < 1.29 is 9.53 Å². The van der Waals surface area contributed by atoms with Crippen LogP contribution in [0.5, 0.6) is 0 Å². The number of hydrogen-bond donors (Lipinski definition) is 3. The fourth-order valence-electron chi connectivity index (χ4n) is 11.8. The van der Waals surface area contributed by atoms with Crippen molar-refractivity contribution in [1.82, 2.24) is 10.2 Å². The highest BCUT2D eigenvalue weighted by Gasteiger charge is 2.59. The molecule has 0 aromatic heterocycles. The molecule has 0 aromatic carbocycles. The zero-order chi connectivity index (χ0) is 38.2. The molecule has 5 N–H and O–H groups in total. The summed E-state index contributed by atoms with van der Waals surface area (Å²) in [5.41, 5.74) is 15.3. The Kier molecular flexibility index (Phi) is 22.6. The summed E-state index contributed by atoms with van der Waals surface area (Å²) in [6.45, 7) is 24.6. The van der Waals surface area contributed by atoms with Crippen LogP contribution >= 0.6 is 37.2 Å². The molecule has 4 rings (SSSR count). The molecule has 0 saturated heterocycles. The minimum absolute atomic E-state index is 0. The number of allylic oxidation sites excluding steroid dienone is 1. The first kappa shape index (κ1) is 52.8. The molecule has 1 amide bonds. The lowest BCUT2D eigenvalue weighted by Crippen LogP contribution is -2.51. The quantitative estimate of drug-likeness (QED) is 0.0791. The average Bonchev–Trinajstić information content (AvgIpc) is 3.49. The Morgan fingerprint density at radius 3 is 2.13 bits per heavy atom. The van der Waals surface area contributed by atoms with Crippen molar-refractivity contribution in [2.24, 2.45) is 57.8 Å². The van der Waals surface area contributed by atoms with E-state index in [1.165, 1.54) is 51.4 Å². The maximum Gasteiger partial charge on any atom is 0.410 e. The molecule has 6 nitrogen and oxygen atoms in total. The molecule has 0 radical (unpaired) electrons. The van der Waals surface area contributed by atoms with E-state index in [1.54, 1.807) is 5.57 Å². The first-order chi connectivity index (χ1) is 24.7. The van der Waals surface area contributed by atoms with Gasteiger partial charge in [-0.3, -0.25) is 0 Å². The van der Waals surface area contributed by atoms with Crippen molar-refractivity contribution >= 4 is 43.3 Å². The lowest BCUT2D eigenvalue weighted by atomic mass is 9.47. The third kappa shape index (κ3) is 13.1. The van der Waals surface area contributed by atoms with E-state index in [9.17, 15) is 4.79 Å². The van der Waals surface area contributed by atoms with Gasteiger partial charge in [-0.1, -0.05) is 93.2 Å². The first-order valence-electron chi connectivity index (χ1n) is 22.6. The summed E-state index contributed by atoms with van der Waals surface area (Å²) in [7, 11) is 0. The van der Waals surface area contributed by atoms with Crippen molar-refractivity contribution in [1.29, 1.82) is 0 Å². The van der Waals surface area contributed by atoms with Gasteiger partial charge in [0.2, 0.25) is 0 Å². The maximum absolute atomic E-state index is 13.9. The molecule has 0 bridgehead atoms. The highest BCUT2D eigenvalue weighted by Crippen LogP contribution is 2.67. The second-order valence-corrected chi connectivity index (χ2v) is 19.6. The molecule has 0 heterocycles. The molecule has 3 fully saturated rings. The number of nitrogens with one attached hydrogen (secondary N) is 1. The van der Waals surface area contributed by atoms with Gasteiger partial charge in [-0.05, 0) is 156 Å². The fraction of sp³-hybridized carbons (Fsp3) is 0.935. The average molecular weight is 837 g/mol. The van der Waals surface area contributed by atoms with Crippen LogP contribution in [0.3, 0.4) is 0 Å². The number of rotatable bonds is 21. The normalized spacial score (nSPS) is 29.4. The van der Waals surface area contributed by atoms with Gasteiger partial charge in [0.25, 0.3) is 0 Å². The summed E-state index contributed by atoms with van der Waals surface area (Å²) in [5.74, 6) is 5.06. The van der Waals surface area contributed by atoms with Gasteiger partial charge in [-0.2, -0.15) is 0 Å². The van der Waals surface area contributed by atoms with Gasteiger partial charge in [-0.25, -0.2) is 4.79 Å². The summed E-state index contributed by atoms with van der Waals surface area (Å²) < 4.78 is 6.42. The van der Waals surface area contributed by atoms with Crippen LogP contribution in [0.25, 0.3) is 0 Å². The number of amides is 1. The molecule has 8 atom stereocenters. The van der Waals surface area contributed by atoms with Crippen LogP contribution in [0.1, 0.15) is 184 Å². The molecule has 4 aliphatic rings. The molecule has 0 aliphatic heterocycles. The van der Waals surface area contributed by atoms with E-state index in [-0.39, 0.29) is 65.9 Å². The summed E-state index contributed by atoms with van der Waals surface area (Å²) >= 11 is 0. The van der Waals surface area contributed by atoms with Gasteiger partial charge in [0.15, 0.2) is 0 Å². The fourth-order valence-corrected chi connectivity index (χ4v) is 11.8. The van der Waals surface area contributed by atoms with Crippen LogP contribution in [-0.2, 0) is 4.74 Å². The predicted molar refractivity (Wildman–Crippen MR) is 243 cm³/mol. The lowest BCUT2D eigenvalue weighted by molar-refractivity contribution is -0.0594. The van der Waals surface area contributed by atoms with Crippen molar-refractivity contribution in [2.75, 3.05) is 26.2 Å². The summed E-state index contributed by atoms with van der Waals surface area (Å²) in [6.07, 6.45) is 24.3. The minimum Gasteiger partial charge on any atom is -0.446 e. The summed E-state index contributed by atoms with van der Waals surface area (Å²) in [5, 5.41) is 3.59. The van der Waals surface area contributed by atoms with Gasteiger partial charge in [-0.15, -0.1) is 37.2 Å². The Morgan fingerprint density at radius 2 is 1.49 bits per heavy atom. The van der Waals surface area contributed by atoms with E-state index < -0.39 is 0 Å². The molecule has 0 aromatic rings. The van der Waals surface area contributed by atoms with E-state index >= 15 is 0 Å². The van der Waals surface area contributed by atoms with Crippen LogP contribution in [0.15, 0.2) is 11.6 Å². The van der Waals surface area contributed by atoms with Gasteiger partial charge >= 0.3 is 6.09 Å². The Labute approximate surface area is 358 Å². The maximum atomic E-state index is 13.9. The third-order valence-corrected chi connectivity index (χ3v) is 16.3. The lowest BCUT2D eigenvalue weighted by Gasteiger charge is -2.58. The standard InChI is InChI=1S/C46H86N4O2.3ClH/c1-10-45(47,11-2)27-30-49-29-14-15-31-50(32-28-46(48,12-3)13-4)42(51)52-37-23-25-43(8)36(33-37)19-20-38-40-22-21-39(35(7)18-16-17-34(5)6)44(40,9)26-24-41(38)43;;;/h19,34-35,37-41,49H,10-18,20-33,47-48H2,1-9H3;3*1H/t35-,37+,38+,39-,40+,41+,43+,44-;;;/m1.../s1. The zero-order valence-electron chi connectivity index (χ0n) is 37.0. The molecule has 326 valence electrons. The molecule has 9 heteroatoms. The second kappa shape index (κ2) is 23.5. The molecule has 0 unspecified atom stereocenters. The second-order valence-electron chi connectivity index (χ2n) is 19.6. The monoisotopic (exact) mass is 835 g/mol. The summed E-state index contributed by atoms with van der Waals surface area (Å²) in [6, 6.07) is 0. The largest absolute Gasteiger partial charge is 0.446 e. The number of hydrogen-bond acceptors (Lipinski definition) is 5. The van der Waals surface area contributed by atoms with Crippen LogP contribution in [0.2, 0.25) is 0 Å². The van der Waals surface area contributed by atoms with Crippen LogP contribution in [-0.4, -0.2) is 54.4 Å². The van der Waals surface area contributed by atoms with Crippen molar-refractivity contribution in [3.63, 3.8) is 0 Å². The highest BCUT2D eigenvalue weighted by molar-refractivity contribution is 5.86. The Bertz CT molecular complexity index is 1150. The number of ether oxygens (including phenoxy) is 1. The number of carbonyl (C=O) groups excluding carboxylic acids is 1. The van der Waals surface area contributed by atoms with E-state index in [0.29, 0.717) is 12.0 Å². The van der Waals surface area contributed by atoms with Crippen LogP contribution in [0, 0.1) is 46.3 Å². The molecule has 0 spiro atoms. The number of nitrogens with zero attached hydrogens (tertiary/aromatic N) is 1. The SMILES string of the molecule is CCC(N)(CC)CCNCCCCN(CCC(N)(CC)CC)C(=O)O[C@H]1CC[C@@]2(C)C(=CC[C@H]3[C@@H]4CC[C@H]([C@H](C)CCCC(C)C)[C@@]4(C)CC[C@@H]32)C1.Cl.Cl.Cl. The van der Waals surface area contributed by atoms with E-state index in [1.807, 2.05) is 4.90 Å². The van der Waals surface area contributed by atoms with Gasteiger partial charge < -0.3 is 26.4 Å². The zero-order valence-corrected chi connectivity index (χ0v) is 39.5. The number of halogens is 3. The van der Waals surface area contributed by atoms with Gasteiger partial charge in [0.05, 0.1) is 0 Å². The van der Waals surface area contributed by atoms with E-state index in [4.69, 9.17) is 16.2 Å².